The highest BCUT2D eigenvalue weighted by Gasteiger charge is 2.11. The summed E-state index contributed by atoms with van der Waals surface area (Å²) in [7, 11) is 1.31. The molecule has 0 saturated carbocycles. The second-order valence-electron chi connectivity index (χ2n) is 2.65. The van der Waals surface area contributed by atoms with Crippen LogP contribution < -0.4 is 0 Å². The Morgan fingerprint density at radius 1 is 0.588 bits per heavy atom. The van der Waals surface area contributed by atoms with Crippen LogP contribution in [0.25, 0.3) is 0 Å². The summed E-state index contributed by atoms with van der Waals surface area (Å²) in [5.74, 6) is 0. The smallest absolute Gasteiger partial charge is 0.379 e. The van der Waals surface area contributed by atoms with Crippen LogP contribution in [0.5, 0.6) is 0 Å². The Balaban J connectivity index is 0. The van der Waals surface area contributed by atoms with Crippen molar-refractivity contribution < 1.29 is 26.6 Å². The van der Waals surface area contributed by atoms with Crippen molar-refractivity contribution in [3.8, 4) is 0 Å². The van der Waals surface area contributed by atoms with E-state index >= 15 is 0 Å². The van der Waals surface area contributed by atoms with Crippen LogP contribution in [0.3, 0.4) is 0 Å². The summed E-state index contributed by atoms with van der Waals surface area (Å²) >= 11 is 0. The van der Waals surface area contributed by atoms with Crippen molar-refractivity contribution in [2.24, 2.45) is 0 Å². The van der Waals surface area contributed by atoms with E-state index in [0.29, 0.717) is 19.8 Å². The first-order chi connectivity index (χ1) is 8.19. The summed E-state index contributed by atoms with van der Waals surface area (Å²) in [5, 5.41) is 0. The molecule has 0 atom stereocenters. The lowest BCUT2D eigenvalue weighted by molar-refractivity contribution is 0.107. The lowest BCUT2D eigenvalue weighted by atomic mass is 10.9. The van der Waals surface area contributed by atoms with Crippen LogP contribution in [0.2, 0.25) is 0 Å². The first kappa shape index (κ1) is 19.5. The molecule has 106 valence electrons. The van der Waals surface area contributed by atoms with Gasteiger partial charge in [0.25, 0.3) is 0 Å². The Morgan fingerprint density at radius 2 is 0.882 bits per heavy atom. The molecule has 0 N–H and O–H groups in total. The van der Waals surface area contributed by atoms with Crippen molar-refractivity contribution >= 4 is 19.1 Å². The fourth-order valence-corrected chi connectivity index (χ4v) is 2.52. The molecule has 8 heteroatoms. The van der Waals surface area contributed by atoms with Gasteiger partial charge in [-0.05, 0) is 20.8 Å². The average Bonchev–Trinajstić information content (AvgIpc) is 2.33. The van der Waals surface area contributed by atoms with Crippen LogP contribution in [-0.2, 0) is 26.6 Å². The Hall–Kier alpha value is 0.194. The van der Waals surface area contributed by atoms with E-state index < -0.39 is 19.1 Å². The van der Waals surface area contributed by atoms with Crippen LogP contribution in [0.1, 0.15) is 20.8 Å². The van der Waals surface area contributed by atoms with Crippen molar-refractivity contribution in [3.05, 3.63) is 0 Å². The van der Waals surface area contributed by atoms with E-state index in [1.807, 2.05) is 20.8 Å². The van der Waals surface area contributed by atoms with Gasteiger partial charge in [-0.2, -0.15) is 0 Å². The zero-order valence-corrected chi connectivity index (χ0v) is 14.0. The lowest BCUT2D eigenvalue weighted by Crippen LogP contribution is -2.27. The number of rotatable bonds is 9. The van der Waals surface area contributed by atoms with Gasteiger partial charge in [-0.25, -0.2) is 0 Å². The van der Waals surface area contributed by atoms with Crippen LogP contribution >= 0.6 is 0 Å². The Bertz CT molecular complexity index is 117. The molecular formula is C9H26O6Si2. The quantitative estimate of drug-likeness (QED) is 0.574. The Labute approximate surface area is 108 Å². The molecule has 0 bridgehead atoms. The van der Waals surface area contributed by atoms with Crippen molar-refractivity contribution in [1.29, 1.82) is 0 Å². The molecule has 0 fully saturated rings. The molecule has 0 rings (SSSR count). The predicted molar refractivity (Wildman–Crippen MR) is 70.2 cm³/mol. The van der Waals surface area contributed by atoms with Crippen LogP contribution in [-0.4, -0.2) is 60.2 Å². The predicted octanol–water partition coefficient (Wildman–Crippen LogP) is 0.456. The third-order valence-corrected chi connectivity index (χ3v) is 4.46. The zero-order valence-electron chi connectivity index (χ0n) is 11.7. The van der Waals surface area contributed by atoms with E-state index in [1.165, 1.54) is 0 Å². The maximum atomic E-state index is 5.22. The van der Waals surface area contributed by atoms with Gasteiger partial charge in [0.2, 0.25) is 0 Å². The maximum Gasteiger partial charge on any atom is 0.484 e. The SMILES string of the molecule is CCO[SiH](OCC)OCC.CO[SiH](OC)OC. The van der Waals surface area contributed by atoms with E-state index in [0.717, 1.165) is 0 Å². The molecule has 0 unspecified atom stereocenters. The van der Waals surface area contributed by atoms with Gasteiger partial charge in [0.15, 0.2) is 0 Å². The molecule has 0 saturated heterocycles. The summed E-state index contributed by atoms with van der Waals surface area (Å²) in [6.45, 7) is 7.86. The summed E-state index contributed by atoms with van der Waals surface area (Å²) in [6, 6.07) is 0. The highest BCUT2D eigenvalue weighted by molar-refractivity contribution is 6.36. The highest BCUT2D eigenvalue weighted by atomic mass is 28.3. The van der Waals surface area contributed by atoms with Gasteiger partial charge in [0.1, 0.15) is 0 Å². The van der Waals surface area contributed by atoms with Crippen molar-refractivity contribution in [2.45, 2.75) is 20.8 Å². The molecule has 0 aliphatic carbocycles. The standard InChI is InChI=1S/C6H16O3Si.C3H10O3Si/c1-4-7-10(8-5-2)9-6-3;1-4-7(5-2)6-3/h10H,4-6H2,1-3H3;7H,1-3H3. The fourth-order valence-electron chi connectivity index (χ4n) is 0.841. The van der Waals surface area contributed by atoms with Crippen LogP contribution in [0.15, 0.2) is 0 Å². The van der Waals surface area contributed by atoms with Gasteiger partial charge in [0, 0.05) is 41.2 Å². The molecule has 0 aromatic rings. The largest absolute Gasteiger partial charge is 0.484 e. The van der Waals surface area contributed by atoms with E-state index in [9.17, 15) is 0 Å². The normalized spacial score (nSPS) is 10.6. The van der Waals surface area contributed by atoms with Gasteiger partial charge in [-0.3, -0.25) is 0 Å². The van der Waals surface area contributed by atoms with E-state index in [2.05, 4.69) is 0 Å². The number of hydrogen-bond acceptors (Lipinski definition) is 6. The zero-order chi connectivity index (χ0) is 13.5. The molecule has 0 heterocycles. The molecule has 0 aliphatic rings. The second-order valence-corrected chi connectivity index (χ2v) is 6.22. The molecule has 0 spiro atoms. The van der Waals surface area contributed by atoms with Gasteiger partial charge >= 0.3 is 19.1 Å². The third-order valence-electron chi connectivity index (χ3n) is 1.49. The van der Waals surface area contributed by atoms with E-state index in [4.69, 9.17) is 26.6 Å². The second kappa shape index (κ2) is 16.2. The molecule has 0 aromatic heterocycles. The average molecular weight is 286 g/mol. The summed E-state index contributed by atoms with van der Waals surface area (Å²) in [6.07, 6.45) is 0. The van der Waals surface area contributed by atoms with Gasteiger partial charge in [-0.1, -0.05) is 0 Å². The van der Waals surface area contributed by atoms with Gasteiger partial charge in [-0.15, -0.1) is 0 Å². The molecule has 17 heavy (non-hydrogen) atoms. The summed E-state index contributed by atoms with van der Waals surface area (Å²) in [4.78, 5) is 0. The monoisotopic (exact) mass is 286 g/mol. The van der Waals surface area contributed by atoms with Gasteiger partial charge in [0.05, 0.1) is 0 Å². The van der Waals surface area contributed by atoms with Crippen molar-refractivity contribution in [1.82, 2.24) is 0 Å². The summed E-state index contributed by atoms with van der Waals surface area (Å²) < 4.78 is 29.9. The van der Waals surface area contributed by atoms with Crippen molar-refractivity contribution in [3.63, 3.8) is 0 Å². The fraction of sp³-hybridized carbons (Fsp3) is 1.00. The molecule has 0 aromatic carbocycles. The molecule has 6 nitrogen and oxygen atoms in total. The van der Waals surface area contributed by atoms with E-state index in [1.54, 1.807) is 21.3 Å². The molecule has 0 aliphatic heterocycles. The molecule has 0 radical (unpaired) electrons. The van der Waals surface area contributed by atoms with Crippen LogP contribution in [0, 0.1) is 0 Å². The molecule has 0 amide bonds. The minimum atomic E-state index is -1.73. The maximum absolute atomic E-state index is 5.22. The van der Waals surface area contributed by atoms with Crippen molar-refractivity contribution in [2.75, 3.05) is 41.2 Å². The Kier molecular flexibility index (Phi) is 18.6. The lowest BCUT2D eigenvalue weighted by Gasteiger charge is -2.12. The highest BCUT2D eigenvalue weighted by Crippen LogP contribution is 1.91. The minimum Gasteiger partial charge on any atom is -0.379 e. The Morgan fingerprint density at radius 3 is 1.00 bits per heavy atom. The minimum absolute atomic E-state index is 0.677. The molecular weight excluding hydrogens is 260 g/mol. The first-order valence-electron chi connectivity index (χ1n) is 5.63. The van der Waals surface area contributed by atoms with Crippen LogP contribution in [0.4, 0.5) is 0 Å². The third kappa shape index (κ3) is 14.1. The topological polar surface area (TPSA) is 55.4 Å². The van der Waals surface area contributed by atoms with E-state index in [-0.39, 0.29) is 0 Å². The van der Waals surface area contributed by atoms with Gasteiger partial charge < -0.3 is 26.6 Å². The first-order valence-corrected chi connectivity index (χ1v) is 8.45. The number of hydrogen-bond donors (Lipinski definition) is 0. The summed E-state index contributed by atoms with van der Waals surface area (Å²) in [5.41, 5.74) is 0.